The Morgan fingerprint density at radius 3 is 2.62 bits per heavy atom. The van der Waals surface area contributed by atoms with E-state index in [1.807, 2.05) is 26.8 Å². The molecule has 0 aliphatic heterocycles. The fourth-order valence-electron chi connectivity index (χ4n) is 7.66. The van der Waals surface area contributed by atoms with E-state index < -0.39 is 45.1 Å². The van der Waals surface area contributed by atoms with Crippen LogP contribution in [0.1, 0.15) is 59.8 Å². The van der Waals surface area contributed by atoms with Crippen molar-refractivity contribution in [2.75, 3.05) is 0 Å². The fourth-order valence-corrected chi connectivity index (χ4v) is 8.19. The van der Waals surface area contributed by atoms with Crippen LogP contribution in [0.3, 0.4) is 0 Å². The largest absolute Gasteiger partial charge is 0.450 e. The summed E-state index contributed by atoms with van der Waals surface area (Å²) in [7, 11) is 0. The molecule has 0 heterocycles. The highest BCUT2D eigenvalue weighted by molar-refractivity contribution is 6.30. The first-order valence-corrected chi connectivity index (χ1v) is 11.8. The Kier molecular flexibility index (Phi) is 5.37. The molecule has 1 N–H and O–H groups in total. The molecule has 0 aromatic carbocycles. The van der Waals surface area contributed by atoms with Gasteiger partial charge in [0.15, 0.2) is 17.7 Å². The van der Waals surface area contributed by atoms with Gasteiger partial charge >= 0.3 is 5.97 Å². The molecule has 32 heavy (non-hydrogen) atoms. The van der Waals surface area contributed by atoms with Gasteiger partial charge in [0.2, 0.25) is 5.78 Å². The van der Waals surface area contributed by atoms with Crippen LogP contribution in [0.25, 0.3) is 0 Å². The summed E-state index contributed by atoms with van der Waals surface area (Å²) in [6.45, 7) is 7.31. The van der Waals surface area contributed by atoms with Gasteiger partial charge in [0, 0.05) is 23.2 Å². The lowest BCUT2D eigenvalue weighted by Crippen LogP contribution is -2.69. The zero-order valence-corrected chi connectivity index (χ0v) is 19.8. The molecule has 8 atom stereocenters. The van der Waals surface area contributed by atoms with Crippen molar-refractivity contribution < 1.29 is 29.0 Å². The van der Waals surface area contributed by atoms with Crippen LogP contribution in [0.2, 0.25) is 0 Å². The molecule has 0 aromatic heterocycles. The van der Waals surface area contributed by atoms with Crippen LogP contribution >= 0.6 is 11.6 Å². The topological polar surface area (TPSA) is 97.7 Å². The number of hydrogen-bond acceptors (Lipinski definition) is 6. The summed E-state index contributed by atoms with van der Waals surface area (Å²) in [5.41, 5.74) is -2.36. The molecule has 0 spiro atoms. The first-order chi connectivity index (χ1) is 14.9. The highest BCUT2D eigenvalue weighted by Crippen LogP contribution is 2.72. The Balaban J connectivity index is 1.86. The fraction of sp³-hybridized carbons (Fsp3) is 0.680. The Labute approximate surface area is 193 Å². The predicted octanol–water partition coefficient (Wildman–Crippen LogP) is 3.33. The van der Waals surface area contributed by atoms with Crippen LogP contribution in [0.15, 0.2) is 23.8 Å². The number of rotatable bonds is 4. The van der Waals surface area contributed by atoms with E-state index >= 15 is 0 Å². The minimum absolute atomic E-state index is 0.0807. The van der Waals surface area contributed by atoms with Crippen molar-refractivity contribution >= 4 is 35.4 Å². The third-order valence-corrected chi connectivity index (χ3v) is 10.1. The number of allylic oxidation sites excluding steroid dienone is 4. The lowest BCUT2D eigenvalue weighted by molar-refractivity contribution is -0.200. The summed E-state index contributed by atoms with van der Waals surface area (Å²) >= 11 is 7.39. The third-order valence-electron chi connectivity index (χ3n) is 9.22. The van der Waals surface area contributed by atoms with Crippen LogP contribution in [0.5, 0.6) is 0 Å². The third kappa shape index (κ3) is 2.62. The Morgan fingerprint density at radius 2 is 2.00 bits per heavy atom. The molecule has 0 unspecified atom stereocenters. The second-order valence-electron chi connectivity index (χ2n) is 10.4. The molecule has 0 bridgehead atoms. The first kappa shape index (κ1) is 23.4. The minimum atomic E-state index is -1.62. The van der Waals surface area contributed by atoms with E-state index in [2.05, 4.69) is 0 Å². The van der Waals surface area contributed by atoms with Gasteiger partial charge in [-0.1, -0.05) is 39.3 Å². The molecule has 7 heteroatoms. The Hall–Kier alpha value is -1.79. The van der Waals surface area contributed by atoms with Crippen LogP contribution in [0, 0.1) is 28.6 Å². The van der Waals surface area contributed by atoms with E-state index in [0.717, 1.165) is 5.57 Å². The quantitative estimate of drug-likeness (QED) is 0.298. The molecule has 4 aliphatic rings. The summed E-state index contributed by atoms with van der Waals surface area (Å²) in [5.74, 6) is -2.11. The molecule has 4 rings (SSSR count). The highest BCUT2D eigenvalue weighted by Gasteiger charge is 2.76. The van der Waals surface area contributed by atoms with E-state index in [-0.39, 0.29) is 36.7 Å². The number of ketones is 2. The average molecular weight is 463 g/mol. The number of hydrogen-bond donors (Lipinski definition) is 1. The van der Waals surface area contributed by atoms with Crippen molar-refractivity contribution in [3.63, 3.8) is 0 Å². The molecule has 4 aliphatic carbocycles. The number of alkyl halides is 1. The SMILES string of the molecule is CCC(=O)O[C@]1(C(=O)C=O)[C@@H](C)C[C@H]2[C@@H]3CCC4=CC(=O)C=C[C@]4(C)[C@@]3(Cl)[C@@H](O)C[C@@]21C. The van der Waals surface area contributed by atoms with Crippen LogP contribution in [0.4, 0.5) is 0 Å². The van der Waals surface area contributed by atoms with Gasteiger partial charge in [-0.3, -0.25) is 19.2 Å². The van der Waals surface area contributed by atoms with Gasteiger partial charge in [-0.25, -0.2) is 0 Å². The number of Topliss-reactive ketones (excluding diaryl/α,β-unsaturated/α-hetero) is 1. The maximum atomic E-state index is 13.1. The van der Waals surface area contributed by atoms with E-state index in [1.54, 1.807) is 13.0 Å². The summed E-state index contributed by atoms with van der Waals surface area (Å²) in [6.07, 6.45) is 6.21. The average Bonchev–Trinajstić information content (AvgIpc) is 2.96. The number of aliphatic hydroxyl groups is 1. The number of esters is 1. The zero-order chi connectivity index (χ0) is 23.7. The molecule has 174 valence electrons. The Morgan fingerprint density at radius 1 is 1.31 bits per heavy atom. The summed E-state index contributed by atoms with van der Waals surface area (Å²) in [6, 6.07) is 0. The zero-order valence-electron chi connectivity index (χ0n) is 19.0. The number of ether oxygens (including phenoxy) is 1. The molecule has 0 radical (unpaired) electrons. The van der Waals surface area contributed by atoms with Gasteiger partial charge < -0.3 is 9.84 Å². The Bertz CT molecular complexity index is 954. The van der Waals surface area contributed by atoms with E-state index in [1.165, 1.54) is 6.08 Å². The second kappa shape index (κ2) is 7.36. The molecule has 6 nitrogen and oxygen atoms in total. The highest BCUT2D eigenvalue weighted by atomic mass is 35.5. The van der Waals surface area contributed by atoms with Crippen molar-refractivity contribution in [3.05, 3.63) is 23.8 Å². The number of aliphatic hydroxyl groups excluding tert-OH is 1. The lowest BCUT2D eigenvalue weighted by Gasteiger charge is -2.64. The molecular formula is C25H31ClO6. The summed E-state index contributed by atoms with van der Waals surface area (Å²) in [5, 5.41) is 11.6. The van der Waals surface area contributed by atoms with E-state index in [9.17, 15) is 24.3 Å². The normalized spacial score (nSPS) is 47.1. The molecule has 0 amide bonds. The summed E-state index contributed by atoms with van der Waals surface area (Å²) < 4.78 is 5.85. The smallest absolute Gasteiger partial charge is 0.306 e. The number of halogens is 1. The maximum absolute atomic E-state index is 13.1. The molecular weight excluding hydrogens is 432 g/mol. The number of carbonyl (C=O) groups is 4. The molecule has 3 saturated carbocycles. The second-order valence-corrected chi connectivity index (χ2v) is 11.1. The van der Waals surface area contributed by atoms with Gasteiger partial charge in [0.05, 0.1) is 11.0 Å². The van der Waals surface area contributed by atoms with Gasteiger partial charge in [0.1, 0.15) is 0 Å². The number of aldehydes is 1. The van der Waals surface area contributed by atoms with Gasteiger partial charge in [-0.15, -0.1) is 11.6 Å². The molecule has 0 aromatic rings. The van der Waals surface area contributed by atoms with Crippen molar-refractivity contribution in [3.8, 4) is 0 Å². The van der Waals surface area contributed by atoms with Crippen LogP contribution in [-0.4, -0.2) is 45.5 Å². The van der Waals surface area contributed by atoms with Crippen molar-refractivity contribution in [2.45, 2.75) is 76.4 Å². The van der Waals surface area contributed by atoms with Gasteiger partial charge in [-0.2, -0.15) is 0 Å². The van der Waals surface area contributed by atoms with Gasteiger partial charge in [-0.05, 0) is 49.7 Å². The molecule has 0 saturated heterocycles. The summed E-state index contributed by atoms with van der Waals surface area (Å²) in [4.78, 5) is 48.2. The van der Waals surface area contributed by atoms with E-state index in [4.69, 9.17) is 16.3 Å². The number of carbonyl (C=O) groups excluding carboxylic acids is 4. The number of fused-ring (bicyclic) bond motifs is 5. The van der Waals surface area contributed by atoms with Gasteiger partial charge in [0.25, 0.3) is 0 Å². The standard InChI is InChI=1S/C25H31ClO6/c1-5-21(31)32-25(20(30)13-27)14(2)10-18-17-7-6-15-11-16(28)8-9-22(15,3)24(17,26)19(29)12-23(18,25)4/h8-9,11,13-14,17-19,29H,5-7,10,12H2,1-4H3/t14-,17-,18-,19-,22-,23-,24-,25-/m0/s1. The maximum Gasteiger partial charge on any atom is 0.306 e. The van der Waals surface area contributed by atoms with Crippen LogP contribution < -0.4 is 0 Å². The lowest BCUT2D eigenvalue weighted by atomic mass is 9.45. The van der Waals surface area contributed by atoms with Crippen molar-refractivity contribution in [1.82, 2.24) is 0 Å². The van der Waals surface area contributed by atoms with Crippen molar-refractivity contribution in [1.29, 1.82) is 0 Å². The predicted molar refractivity (Wildman–Crippen MR) is 118 cm³/mol. The van der Waals surface area contributed by atoms with Crippen LogP contribution in [-0.2, 0) is 23.9 Å². The first-order valence-electron chi connectivity index (χ1n) is 11.4. The van der Waals surface area contributed by atoms with E-state index in [0.29, 0.717) is 19.3 Å². The monoisotopic (exact) mass is 462 g/mol. The van der Waals surface area contributed by atoms with Crippen molar-refractivity contribution in [2.24, 2.45) is 28.6 Å². The molecule has 3 fully saturated rings. The minimum Gasteiger partial charge on any atom is -0.450 e.